The van der Waals surface area contributed by atoms with E-state index in [0.29, 0.717) is 6.04 Å². The third-order valence-electron chi connectivity index (χ3n) is 3.41. The summed E-state index contributed by atoms with van der Waals surface area (Å²) in [5.74, 6) is 1.85. The zero-order chi connectivity index (χ0) is 13.1. The van der Waals surface area contributed by atoms with Gasteiger partial charge in [0.05, 0.1) is 0 Å². The van der Waals surface area contributed by atoms with Gasteiger partial charge >= 0.3 is 0 Å². The molecule has 1 unspecified atom stereocenters. The predicted octanol–water partition coefficient (Wildman–Crippen LogP) is 1.62. The molecule has 0 amide bonds. The fraction of sp³-hybridized carbons (Fsp3) is 0.538. The van der Waals surface area contributed by atoms with Crippen LogP contribution in [0.5, 0.6) is 0 Å². The second-order valence-corrected chi connectivity index (χ2v) is 4.91. The molecule has 0 radical (unpaired) electrons. The van der Waals surface area contributed by atoms with Crippen LogP contribution in [0.3, 0.4) is 0 Å². The number of nitrogens with zero attached hydrogens (tertiary/aromatic N) is 5. The smallest absolute Gasteiger partial charge is 0.176 e. The van der Waals surface area contributed by atoms with Crippen LogP contribution in [-0.2, 0) is 13.6 Å². The van der Waals surface area contributed by atoms with Crippen LogP contribution in [0, 0.1) is 0 Å². The van der Waals surface area contributed by atoms with Gasteiger partial charge in [-0.25, -0.2) is 9.97 Å². The number of aromatic nitrogens is 4. The lowest BCUT2D eigenvalue weighted by atomic mass is 10.2. The van der Waals surface area contributed by atoms with Crippen LogP contribution in [0.1, 0.15) is 13.3 Å². The Bertz CT molecular complexity index is 497. The quantitative estimate of drug-likeness (QED) is 0.806. The Labute approximate surface area is 108 Å². The van der Waals surface area contributed by atoms with Crippen molar-refractivity contribution in [2.75, 3.05) is 14.1 Å². The van der Waals surface area contributed by atoms with Crippen molar-refractivity contribution in [3.8, 4) is 11.6 Å². The van der Waals surface area contributed by atoms with Gasteiger partial charge in [0, 0.05) is 44.4 Å². The minimum Gasteiger partial charge on any atom is -0.331 e. The van der Waals surface area contributed by atoms with Gasteiger partial charge < -0.3 is 14.0 Å². The second kappa shape index (κ2) is 5.35. The molecule has 0 saturated heterocycles. The zero-order valence-corrected chi connectivity index (χ0v) is 11.5. The molecule has 5 heteroatoms. The largest absolute Gasteiger partial charge is 0.331 e. The third kappa shape index (κ3) is 2.61. The molecular formula is C13H21N5. The van der Waals surface area contributed by atoms with Crippen LogP contribution in [0.25, 0.3) is 11.6 Å². The fourth-order valence-corrected chi connectivity index (χ4v) is 1.86. The van der Waals surface area contributed by atoms with E-state index in [1.807, 2.05) is 30.2 Å². The van der Waals surface area contributed by atoms with E-state index in [-0.39, 0.29) is 0 Å². The highest BCUT2D eigenvalue weighted by atomic mass is 15.2. The summed E-state index contributed by atoms with van der Waals surface area (Å²) in [4.78, 5) is 11.0. The molecule has 5 nitrogen and oxygen atoms in total. The van der Waals surface area contributed by atoms with Gasteiger partial charge in [0.25, 0.3) is 0 Å². The maximum atomic E-state index is 4.41. The van der Waals surface area contributed by atoms with Crippen LogP contribution in [-0.4, -0.2) is 44.1 Å². The topological polar surface area (TPSA) is 38.9 Å². The van der Waals surface area contributed by atoms with E-state index in [1.165, 1.54) is 0 Å². The lowest BCUT2D eigenvalue weighted by molar-refractivity contribution is 0.288. The molecule has 0 fully saturated rings. The van der Waals surface area contributed by atoms with Crippen molar-refractivity contribution in [2.24, 2.45) is 7.05 Å². The van der Waals surface area contributed by atoms with E-state index < -0.39 is 0 Å². The molecule has 0 N–H and O–H groups in total. The minimum absolute atomic E-state index is 0.557. The summed E-state index contributed by atoms with van der Waals surface area (Å²) in [6, 6.07) is 0.557. The van der Waals surface area contributed by atoms with Gasteiger partial charge in [0.2, 0.25) is 0 Å². The molecule has 0 saturated carbocycles. The fourth-order valence-electron chi connectivity index (χ4n) is 1.86. The summed E-state index contributed by atoms with van der Waals surface area (Å²) in [5, 5.41) is 0. The average molecular weight is 247 g/mol. The highest BCUT2D eigenvalue weighted by Crippen LogP contribution is 2.15. The molecule has 0 aliphatic rings. The first-order valence-corrected chi connectivity index (χ1v) is 6.25. The lowest BCUT2D eigenvalue weighted by Crippen LogP contribution is -2.25. The van der Waals surface area contributed by atoms with E-state index in [1.54, 1.807) is 6.20 Å². The molecule has 2 aromatic heterocycles. The lowest BCUT2D eigenvalue weighted by Gasteiger charge is -2.20. The predicted molar refractivity (Wildman–Crippen MR) is 72.2 cm³/mol. The van der Waals surface area contributed by atoms with E-state index in [4.69, 9.17) is 0 Å². The number of hydrogen-bond donors (Lipinski definition) is 0. The van der Waals surface area contributed by atoms with Crippen molar-refractivity contribution < 1.29 is 0 Å². The third-order valence-corrected chi connectivity index (χ3v) is 3.41. The van der Waals surface area contributed by atoms with Gasteiger partial charge in [-0.15, -0.1) is 0 Å². The van der Waals surface area contributed by atoms with Gasteiger partial charge in [0.15, 0.2) is 11.6 Å². The Kier molecular flexibility index (Phi) is 3.81. The van der Waals surface area contributed by atoms with Crippen molar-refractivity contribution in [3.63, 3.8) is 0 Å². The molecule has 18 heavy (non-hydrogen) atoms. The van der Waals surface area contributed by atoms with Gasteiger partial charge in [-0.2, -0.15) is 0 Å². The summed E-state index contributed by atoms with van der Waals surface area (Å²) in [6.07, 6.45) is 8.70. The molecule has 2 heterocycles. The molecule has 1 atom stereocenters. The van der Waals surface area contributed by atoms with Crippen molar-refractivity contribution in [3.05, 3.63) is 24.8 Å². The Morgan fingerprint density at radius 1 is 1.17 bits per heavy atom. The van der Waals surface area contributed by atoms with E-state index in [0.717, 1.165) is 24.6 Å². The number of aryl methyl sites for hydroxylation is 2. The first-order valence-electron chi connectivity index (χ1n) is 6.25. The van der Waals surface area contributed by atoms with Crippen molar-refractivity contribution >= 4 is 0 Å². The molecule has 2 rings (SSSR count). The molecule has 0 aliphatic heterocycles. The molecule has 0 spiro atoms. The second-order valence-electron chi connectivity index (χ2n) is 4.91. The van der Waals surface area contributed by atoms with Gasteiger partial charge in [-0.05, 0) is 27.4 Å². The van der Waals surface area contributed by atoms with Crippen molar-refractivity contribution in [2.45, 2.75) is 25.9 Å². The monoisotopic (exact) mass is 247 g/mol. The highest BCUT2D eigenvalue weighted by molar-refractivity contribution is 5.44. The summed E-state index contributed by atoms with van der Waals surface area (Å²) < 4.78 is 4.16. The number of imidazole rings is 2. The SMILES string of the molecule is CC(CCn1ccnc1-c1nccn1C)N(C)C. The van der Waals surface area contributed by atoms with Gasteiger partial charge in [-0.3, -0.25) is 0 Å². The standard InChI is InChI=1S/C13H21N5/c1-11(16(2)3)5-8-18-10-7-15-13(18)12-14-6-9-17(12)4/h6-7,9-11H,5,8H2,1-4H3. The summed E-state index contributed by atoms with van der Waals surface area (Å²) >= 11 is 0. The van der Waals surface area contributed by atoms with Crippen molar-refractivity contribution in [1.29, 1.82) is 0 Å². The zero-order valence-electron chi connectivity index (χ0n) is 11.5. The Balaban J connectivity index is 2.12. The van der Waals surface area contributed by atoms with Crippen LogP contribution >= 0.6 is 0 Å². The molecule has 2 aromatic rings. The first-order chi connectivity index (χ1) is 8.59. The highest BCUT2D eigenvalue weighted by Gasteiger charge is 2.11. The summed E-state index contributed by atoms with van der Waals surface area (Å²) in [6.45, 7) is 3.19. The van der Waals surface area contributed by atoms with E-state index >= 15 is 0 Å². The maximum absolute atomic E-state index is 4.41. The molecule has 0 aliphatic carbocycles. The van der Waals surface area contributed by atoms with Crippen LogP contribution in [0.2, 0.25) is 0 Å². The summed E-state index contributed by atoms with van der Waals surface area (Å²) in [7, 11) is 6.21. The maximum Gasteiger partial charge on any atom is 0.176 e. The van der Waals surface area contributed by atoms with Crippen molar-refractivity contribution in [1.82, 2.24) is 24.0 Å². The molecule has 98 valence electrons. The Morgan fingerprint density at radius 2 is 1.83 bits per heavy atom. The minimum atomic E-state index is 0.557. The first kappa shape index (κ1) is 12.8. The normalized spacial score (nSPS) is 13.2. The van der Waals surface area contributed by atoms with E-state index in [2.05, 4.69) is 40.5 Å². The number of rotatable bonds is 5. The van der Waals surface area contributed by atoms with E-state index in [9.17, 15) is 0 Å². The molecule has 0 aromatic carbocycles. The van der Waals surface area contributed by atoms with Crippen LogP contribution < -0.4 is 0 Å². The van der Waals surface area contributed by atoms with Gasteiger partial charge in [-0.1, -0.05) is 0 Å². The summed E-state index contributed by atoms with van der Waals surface area (Å²) in [5.41, 5.74) is 0. The number of hydrogen-bond acceptors (Lipinski definition) is 3. The van der Waals surface area contributed by atoms with Crippen LogP contribution in [0.15, 0.2) is 24.8 Å². The van der Waals surface area contributed by atoms with Gasteiger partial charge in [0.1, 0.15) is 0 Å². The Hall–Kier alpha value is -1.62. The Morgan fingerprint density at radius 3 is 2.44 bits per heavy atom. The van der Waals surface area contributed by atoms with Crippen LogP contribution in [0.4, 0.5) is 0 Å². The average Bonchev–Trinajstić information content (AvgIpc) is 2.93. The molecule has 0 bridgehead atoms. The molecular weight excluding hydrogens is 226 g/mol.